The Morgan fingerprint density at radius 3 is 2.53 bits per heavy atom. The highest BCUT2D eigenvalue weighted by Gasteiger charge is 2.12. The van der Waals surface area contributed by atoms with Crippen LogP contribution in [0.15, 0.2) is 12.2 Å². The lowest BCUT2D eigenvalue weighted by molar-refractivity contribution is -0.116. The molecule has 0 unspecified atom stereocenters. The van der Waals surface area contributed by atoms with Crippen molar-refractivity contribution in [1.82, 2.24) is 10.2 Å². The maximum Gasteiger partial charge on any atom is 0.243 e. The lowest BCUT2D eigenvalue weighted by Crippen LogP contribution is -2.37. The van der Waals surface area contributed by atoms with Crippen LogP contribution in [0.3, 0.4) is 0 Å². The summed E-state index contributed by atoms with van der Waals surface area (Å²) in [5.41, 5.74) is 0.154. The zero-order chi connectivity index (χ0) is 11.3. The number of likely N-dealkylation sites (tertiary alicyclic amines) is 1. The van der Waals surface area contributed by atoms with E-state index < -0.39 is 0 Å². The van der Waals surface area contributed by atoms with Crippen LogP contribution in [0.1, 0.15) is 27.2 Å². The highest BCUT2D eigenvalue weighted by molar-refractivity contribution is 5.87. The average molecular weight is 210 g/mol. The Labute approximate surface area is 92.5 Å². The van der Waals surface area contributed by atoms with Gasteiger partial charge in [-0.25, -0.2) is 0 Å². The molecule has 86 valence electrons. The lowest BCUT2D eigenvalue weighted by Gasteiger charge is -2.29. The van der Waals surface area contributed by atoms with Crippen LogP contribution in [0.2, 0.25) is 0 Å². The molecule has 1 heterocycles. The predicted octanol–water partition coefficient (Wildman–Crippen LogP) is 1.41. The van der Waals surface area contributed by atoms with E-state index in [0.29, 0.717) is 0 Å². The maximum absolute atomic E-state index is 11.4. The molecule has 1 rings (SSSR count). The Balaban J connectivity index is 2.11. The van der Waals surface area contributed by atoms with E-state index in [4.69, 9.17) is 0 Å². The quantitative estimate of drug-likeness (QED) is 0.712. The van der Waals surface area contributed by atoms with Crippen molar-refractivity contribution >= 4 is 5.91 Å². The zero-order valence-electron chi connectivity index (χ0n) is 10.0. The van der Waals surface area contributed by atoms with E-state index in [9.17, 15) is 4.79 Å². The third-order valence-corrected chi connectivity index (χ3v) is 2.37. The number of nitrogens with zero attached hydrogens (tertiary/aromatic N) is 1. The van der Waals surface area contributed by atoms with Crippen molar-refractivity contribution in [1.29, 1.82) is 0 Å². The van der Waals surface area contributed by atoms with Crippen molar-refractivity contribution < 1.29 is 4.79 Å². The first-order valence-corrected chi connectivity index (χ1v) is 5.64. The number of amides is 1. The van der Waals surface area contributed by atoms with Crippen LogP contribution in [0.4, 0.5) is 0 Å². The summed E-state index contributed by atoms with van der Waals surface area (Å²) < 4.78 is 0. The van der Waals surface area contributed by atoms with Crippen molar-refractivity contribution in [3.05, 3.63) is 12.2 Å². The van der Waals surface area contributed by atoms with E-state index in [-0.39, 0.29) is 11.3 Å². The van der Waals surface area contributed by atoms with Crippen molar-refractivity contribution in [2.45, 2.75) is 27.2 Å². The van der Waals surface area contributed by atoms with Gasteiger partial charge in [0.05, 0.1) is 0 Å². The van der Waals surface area contributed by atoms with Crippen LogP contribution in [-0.2, 0) is 4.79 Å². The Bertz CT molecular complexity index is 236. The van der Waals surface area contributed by atoms with E-state index in [0.717, 1.165) is 13.1 Å². The van der Waals surface area contributed by atoms with Crippen LogP contribution in [0.25, 0.3) is 0 Å². The summed E-state index contributed by atoms with van der Waals surface area (Å²) in [5.74, 6) is 0.0189. The van der Waals surface area contributed by atoms with Crippen molar-refractivity contribution in [3.63, 3.8) is 0 Å². The maximum atomic E-state index is 11.4. The fourth-order valence-electron chi connectivity index (χ4n) is 1.28. The molecule has 3 nitrogen and oxygen atoms in total. The Hall–Kier alpha value is -0.830. The number of carbonyl (C=O) groups is 1. The summed E-state index contributed by atoms with van der Waals surface area (Å²) in [6.45, 7) is 10.3. The molecule has 0 radical (unpaired) electrons. The van der Waals surface area contributed by atoms with Gasteiger partial charge in [-0.3, -0.25) is 9.69 Å². The Morgan fingerprint density at radius 2 is 2.07 bits per heavy atom. The van der Waals surface area contributed by atoms with Gasteiger partial charge in [-0.1, -0.05) is 26.8 Å². The molecule has 1 saturated heterocycles. The molecule has 0 bridgehead atoms. The van der Waals surface area contributed by atoms with E-state index in [1.165, 1.54) is 19.5 Å². The molecule has 0 saturated carbocycles. The summed E-state index contributed by atoms with van der Waals surface area (Å²) in [6, 6.07) is 0. The lowest BCUT2D eigenvalue weighted by atomic mass is 9.97. The van der Waals surface area contributed by atoms with Gasteiger partial charge < -0.3 is 5.32 Å². The van der Waals surface area contributed by atoms with Crippen LogP contribution in [-0.4, -0.2) is 37.0 Å². The molecule has 0 aromatic carbocycles. The minimum absolute atomic E-state index is 0.0189. The molecule has 3 heteroatoms. The van der Waals surface area contributed by atoms with Crippen molar-refractivity contribution in [2.24, 2.45) is 5.41 Å². The van der Waals surface area contributed by atoms with Crippen LogP contribution >= 0.6 is 0 Å². The molecule has 1 aliphatic heterocycles. The second-order valence-electron chi connectivity index (χ2n) is 5.33. The molecular formula is C12H22N2O. The molecule has 1 amide bonds. The summed E-state index contributed by atoms with van der Waals surface area (Å²) in [6.07, 6.45) is 4.88. The minimum Gasteiger partial charge on any atom is -0.352 e. The second kappa shape index (κ2) is 5.31. The number of nitrogens with one attached hydrogen (secondary N) is 1. The van der Waals surface area contributed by atoms with Gasteiger partial charge in [0.2, 0.25) is 5.91 Å². The first-order chi connectivity index (χ1) is 6.97. The van der Waals surface area contributed by atoms with Crippen molar-refractivity contribution in [2.75, 3.05) is 26.2 Å². The molecule has 0 aromatic rings. The smallest absolute Gasteiger partial charge is 0.243 e. The first kappa shape index (κ1) is 12.2. The molecule has 1 N–H and O–H groups in total. The topological polar surface area (TPSA) is 32.3 Å². The summed E-state index contributed by atoms with van der Waals surface area (Å²) in [4.78, 5) is 13.7. The second-order valence-corrected chi connectivity index (χ2v) is 5.33. The fraction of sp³-hybridized carbons (Fsp3) is 0.750. The standard InChI is InChI=1S/C12H22N2O/c1-12(2,3)10-13-11(15)6-4-7-14-8-5-9-14/h4,6H,5,7-10H2,1-3H3,(H,13,15)/b6-4+. The van der Waals surface area contributed by atoms with Crippen LogP contribution in [0.5, 0.6) is 0 Å². The normalized spacial score (nSPS) is 17.8. The van der Waals surface area contributed by atoms with Gasteiger partial charge in [0.15, 0.2) is 0 Å². The highest BCUT2D eigenvalue weighted by Crippen LogP contribution is 2.10. The van der Waals surface area contributed by atoms with E-state index in [1.807, 2.05) is 6.08 Å². The average Bonchev–Trinajstić information content (AvgIpc) is 2.04. The number of hydrogen-bond donors (Lipinski definition) is 1. The molecule has 0 atom stereocenters. The fourth-order valence-corrected chi connectivity index (χ4v) is 1.28. The van der Waals surface area contributed by atoms with Gasteiger partial charge in [0.1, 0.15) is 0 Å². The van der Waals surface area contributed by atoms with Gasteiger partial charge in [-0.15, -0.1) is 0 Å². The highest BCUT2D eigenvalue weighted by atomic mass is 16.1. The molecular weight excluding hydrogens is 188 g/mol. The summed E-state index contributed by atoms with van der Waals surface area (Å²) >= 11 is 0. The van der Waals surface area contributed by atoms with Gasteiger partial charge >= 0.3 is 0 Å². The Kier molecular flexibility index (Phi) is 4.33. The number of hydrogen-bond acceptors (Lipinski definition) is 2. The largest absolute Gasteiger partial charge is 0.352 e. The Morgan fingerprint density at radius 1 is 1.40 bits per heavy atom. The SMILES string of the molecule is CC(C)(C)CNC(=O)/C=C/CN1CCC1. The van der Waals surface area contributed by atoms with Gasteiger partial charge in [-0.2, -0.15) is 0 Å². The zero-order valence-corrected chi connectivity index (χ0v) is 10.0. The molecule has 1 fully saturated rings. The van der Waals surface area contributed by atoms with Gasteiger partial charge in [-0.05, 0) is 24.9 Å². The van der Waals surface area contributed by atoms with Crippen LogP contribution in [0, 0.1) is 5.41 Å². The molecule has 1 aliphatic rings. The molecule has 15 heavy (non-hydrogen) atoms. The molecule has 0 aromatic heterocycles. The van der Waals surface area contributed by atoms with E-state index >= 15 is 0 Å². The van der Waals surface area contributed by atoms with Crippen molar-refractivity contribution in [3.8, 4) is 0 Å². The molecule has 0 spiro atoms. The number of rotatable bonds is 4. The van der Waals surface area contributed by atoms with Gasteiger partial charge in [0.25, 0.3) is 0 Å². The summed E-state index contributed by atoms with van der Waals surface area (Å²) in [7, 11) is 0. The van der Waals surface area contributed by atoms with E-state index in [2.05, 4.69) is 31.0 Å². The van der Waals surface area contributed by atoms with E-state index in [1.54, 1.807) is 6.08 Å². The monoisotopic (exact) mass is 210 g/mol. The van der Waals surface area contributed by atoms with Crippen LogP contribution < -0.4 is 5.32 Å². The summed E-state index contributed by atoms with van der Waals surface area (Å²) in [5, 5.41) is 2.89. The third kappa shape index (κ3) is 5.57. The molecule has 0 aliphatic carbocycles. The third-order valence-electron chi connectivity index (χ3n) is 2.37. The predicted molar refractivity (Wildman–Crippen MR) is 62.7 cm³/mol. The first-order valence-electron chi connectivity index (χ1n) is 5.64. The van der Waals surface area contributed by atoms with Gasteiger partial charge in [0, 0.05) is 19.2 Å². The minimum atomic E-state index is 0.0189. The number of carbonyl (C=O) groups excluding carboxylic acids is 1.